The van der Waals surface area contributed by atoms with E-state index in [0.717, 1.165) is 11.6 Å². The fourth-order valence-corrected chi connectivity index (χ4v) is 1.73. The highest BCUT2D eigenvalue weighted by molar-refractivity contribution is 6.02. The number of furan rings is 1. The normalized spacial score (nSPS) is 10.6. The van der Waals surface area contributed by atoms with Crippen LogP contribution in [0.5, 0.6) is 0 Å². The highest BCUT2D eigenvalue weighted by atomic mass is 16.6. The molecule has 3 aromatic rings. The Hall–Kier alpha value is -3.16. The van der Waals surface area contributed by atoms with E-state index in [0.29, 0.717) is 5.52 Å². The SMILES string of the molecule is O=C(Nc1nc2ccccc2[nH]1)c1ccc([N+](=O)[O-])o1. The number of imidazole rings is 1. The lowest BCUT2D eigenvalue weighted by Crippen LogP contribution is -2.11. The number of nitro groups is 1. The molecule has 0 saturated heterocycles. The Bertz CT molecular complexity index is 772. The van der Waals surface area contributed by atoms with E-state index in [1.165, 1.54) is 6.07 Å². The third-order valence-corrected chi connectivity index (χ3v) is 2.62. The van der Waals surface area contributed by atoms with E-state index in [4.69, 9.17) is 4.42 Å². The first-order chi connectivity index (χ1) is 9.63. The second-order valence-electron chi connectivity index (χ2n) is 3.95. The largest absolute Gasteiger partial charge is 0.433 e. The van der Waals surface area contributed by atoms with E-state index in [-0.39, 0.29) is 11.7 Å². The summed E-state index contributed by atoms with van der Waals surface area (Å²) >= 11 is 0. The third-order valence-electron chi connectivity index (χ3n) is 2.62. The summed E-state index contributed by atoms with van der Waals surface area (Å²) in [5.41, 5.74) is 1.47. The van der Waals surface area contributed by atoms with Crippen LogP contribution in [0.2, 0.25) is 0 Å². The van der Waals surface area contributed by atoms with Crippen LogP contribution < -0.4 is 5.32 Å². The van der Waals surface area contributed by atoms with Crippen LogP contribution >= 0.6 is 0 Å². The number of aromatic nitrogens is 2. The number of nitrogens with one attached hydrogen (secondary N) is 2. The van der Waals surface area contributed by atoms with E-state index in [2.05, 4.69) is 15.3 Å². The molecule has 0 spiro atoms. The molecule has 100 valence electrons. The summed E-state index contributed by atoms with van der Waals surface area (Å²) in [5, 5.41) is 13.0. The zero-order valence-corrected chi connectivity index (χ0v) is 9.99. The number of rotatable bonds is 3. The molecule has 1 amide bonds. The average molecular weight is 272 g/mol. The minimum atomic E-state index is -0.710. The number of amides is 1. The molecule has 8 nitrogen and oxygen atoms in total. The highest BCUT2D eigenvalue weighted by Gasteiger charge is 2.18. The van der Waals surface area contributed by atoms with Gasteiger partial charge < -0.3 is 9.40 Å². The fourth-order valence-electron chi connectivity index (χ4n) is 1.73. The van der Waals surface area contributed by atoms with Crippen molar-refractivity contribution in [1.82, 2.24) is 9.97 Å². The van der Waals surface area contributed by atoms with Gasteiger partial charge in [0.1, 0.15) is 4.92 Å². The summed E-state index contributed by atoms with van der Waals surface area (Å²) in [6.07, 6.45) is 0. The number of aromatic amines is 1. The molecule has 0 fully saturated rings. The number of carbonyl (C=O) groups is 1. The molecule has 20 heavy (non-hydrogen) atoms. The number of para-hydroxylation sites is 2. The predicted molar refractivity (Wildman–Crippen MR) is 69.4 cm³/mol. The van der Waals surface area contributed by atoms with Crippen molar-refractivity contribution in [2.24, 2.45) is 0 Å². The van der Waals surface area contributed by atoms with Crippen LogP contribution in [0.3, 0.4) is 0 Å². The molecule has 2 heterocycles. The first-order valence-corrected chi connectivity index (χ1v) is 5.64. The van der Waals surface area contributed by atoms with Gasteiger partial charge in [-0.05, 0) is 18.2 Å². The topological polar surface area (TPSA) is 114 Å². The van der Waals surface area contributed by atoms with E-state index >= 15 is 0 Å². The zero-order chi connectivity index (χ0) is 14.1. The van der Waals surface area contributed by atoms with E-state index in [9.17, 15) is 14.9 Å². The van der Waals surface area contributed by atoms with Crippen molar-refractivity contribution in [3.05, 3.63) is 52.3 Å². The molecule has 0 aliphatic heterocycles. The minimum Gasteiger partial charge on any atom is -0.395 e. The van der Waals surface area contributed by atoms with Gasteiger partial charge in [-0.3, -0.25) is 20.2 Å². The molecule has 0 unspecified atom stereocenters. The number of fused-ring (bicyclic) bond motifs is 1. The molecule has 0 radical (unpaired) electrons. The van der Waals surface area contributed by atoms with Gasteiger partial charge in [0.25, 0.3) is 5.91 Å². The maximum atomic E-state index is 11.8. The summed E-state index contributed by atoms with van der Waals surface area (Å²) in [7, 11) is 0. The lowest BCUT2D eigenvalue weighted by Gasteiger charge is -1.96. The fraction of sp³-hybridized carbons (Fsp3) is 0. The zero-order valence-electron chi connectivity index (χ0n) is 9.99. The van der Waals surface area contributed by atoms with Gasteiger partial charge in [-0.15, -0.1) is 0 Å². The number of carbonyl (C=O) groups excluding carboxylic acids is 1. The minimum absolute atomic E-state index is 0.155. The number of benzene rings is 1. The van der Waals surface area contributed by atoms with Gasteiger partial charge in [0.05, 0.1) is 17.1 Å². The second kappa shape index (κ2) is 4.50. The number of nitrogens with zero attached hydrogens (tertiary/aromatic N) is 2. The predicted octanol–water partition coefficient (Wildman–Crippen LogP) is 2.32. The van der Waals surface area contributed by atoms with Crippen molar-refractivity contribution in [2.75, 3.05) is 5.32 Å². The van der Waals surface area contributed by atoms with Crippen LogP contribution in [0.15, 0.2) is 40.8 Å². The Morgan fingerprint density at radius 2 is 2.10 bits per heavy atom. The lowest BCUT2D eigenvalue weighted by molar-refractivity contribution is -0.402. The van der Waals surface area contributed by atoms with Crippen molar-refractivity contribution in [1.29, 1.82) is 0 Å². The van der Waals surface area contributed by atoms with Crippen molar-refractivity contribution in [3.8, 4) is 0 Å². The number of anilines is 1. The van der Waals surface area contributed by atoms with Gasteiger partial charge in [0, 0.05) is 0 Å². The first kappa shape index (κ1) is 11.9. The molecule has 0 aliphatic rings. The quantitative estimate of drug-likeness (QED) is 0.561. The molecule has 2 N–H and O–H groups in total. The number of hydrogen-bond acceptors (Lipinski definition) is 5. The molecule has 0 atom stereocenters. The van der Waals surface area contributed by atoms with Crippen LogP contribution in [-0.4, -0.2) is 20.8 Å². The van der Waals surface area contributed by atoms with Gasteiger partial charge in [0.2, 0.25) is 5.95 Å². The Morgan fingerprint density at radius 3 is 2.80 bits per heavy atom. The summed E-state index contributed by atoms with van der Waals surface area (Å²) in [6, 6.07) is 9.62. The van der Waals surface area contributed by atoms with E-state index in [1.807, 2.05) is 18.2 Å². The summed E-state index contributed by atoms with van der Waals surface area (Å²) in [5.74, 6) is -1.01. The third kappa shape index (κ3) is 2.09. The van der Waals surface area contributed by atoms with Gasteiger partial charge >= 0.3 is 5.88 Å². The Balaban J connectivity index is 1.82. The summed E-state index contributed by atoms with van der Waals surface area (Å²) in [4.78, 5) is 28.7. The van der Waals surface area contributed by atoms with Crippen LogP contribution in [0.4, 0.5) is 11.8 Å². The molecule has 2 aromatic heterocycles. The smallest absolute Gasteiger partial charge is 0.395 e. The van der Waals surface area contributed by atoms with Crippen LogP contribution in [0, 0.1) is 10.1 Å². The standard InChI is InChI=1S/C12H8N4O4/c17-11(9-5-6-10(20-9)16(18)19)15-12-13-7-3-1-2-4-8(7)14-12/h1-6H,(H2,13,14,15,17). The monoisotopic (exact) mass is 272 g/mol. The summed E-state index contributed by atoms with van der Waals surface area (Å²) in [6.45, 7) is 0. The molecule has 0 bridgehead atoms. The Labute approximate surface area is 111 Å². The number of hydrogen-bond donors (Lipinski definition) is 2. The summed E-state index contributed by atoms with van der Waals surface area (Å²) < 4.78 is 4.80. The Kier molecular flexibility index (Phi) is 2.68. The molecule has 0 saturated carbocycles. The van der Waals surface area contributed by atoms with Gasteiger partial charge in [0.15, 0.2) is 5.76 Å². The maximum absolute atomic E-state index is 11.8. The van der Waals surface area contributed by atoms with Gasteiger partial charge in [-0.25, -0.2) is 4.98 Å². The molecule has 1 aromatic carbocycles. The van der Waals surface area contributed by atoms with Crippen LogP contribution in [0.1, 0.15) is 10.6 Å². The number of H-pyrrole nitrogens is 1. The molecule has 8 heteroatoms. The van der Waals surface area contributed by atoms with Crippen molar-refractivity contribution in [2.45, 2.75) is 0 Å². The molecule has 3 rings (SSSR count). The Morgan fingerprint density at radius 1 is 1.30 bits per heavy atom. The van der Waals surface area contributed by atoms with Crippen LogP contribution in [0.25, 0.3) is 11.0 Å². The van der Waals surface area contributed by atoms with Crippen molar-refractivity contribution >= 4 is 28.8 Å². The highest BCUT2D eigenvalue weighted by Crippen LogP contribution is 2.18. The molecular formula is C12H8N4O4. The van der Waals surface area contributed by atoms with Crippen LogP contribution in [-0.2, 0) is 0 Å². The van der Waals surface area contributed by atoms with Gasteiger partial charge in [-0.2, -0.15) is 0 Å². The average Bonchev–Trinajstić information content (AvgIpc) is 3.04. The molecular weight excluding hydrogens is 264 g/mol. The van der Waals surface area contributed by atoms with Crippen molar-refractivity contribution < 1.29 is 14.1 Å². The van der Waals surface area contributed by atoms with Gasteiger partial charge in [-0.1, -0.05) is 12.1 Å². The second-order valence-corrected chi connectivity index (χ2v) is 3.95. The molecule has 0 aliphatic carbocycles. The van der Waals surface area contributed by atoms with E-state index < -0.39 is 16.7 Å². The lowest BCUT2D eigenvalue weighted by atomic mass is 10.3. The van der Waals surface area contributed by atoms with E-state index in [1.54, 1.807) is 6.07 Å². The first-order valence-electron chi connectivity index (χ1n) is 5.64. The maximum Gasteiger partial charge on any atom is 0.433 e. The van der Waals surface area contributed by atoms with Crippen molar-refractivity contribution in [3.63, 3.8) is 0 Å².